The summed E-state index contributed by atoms with van der Waals surface area (Å²) in [5.41, 5.74) is 3.63. The number of benzene rings is 2. The fourth-order valence-electron chi connectivity index (χ4n) is 4.70. The number of nitrogens with one attached hydrogen (secondary N) is 1. The van der Waals surface area contributed by atoms with Gasteiger partial charge in [0, 0.05) is 54.9 Å². The van der Waals surface area contributed by atoms with Crippen molar-refractivity contribution in [2.24, 2.45) is 0 Å². The number of fused-ring (bicyclic) bond motifs is 3. The zero-order chi connectivity index (χ0) is 26.9. The van der Waals surface area contributed by atoms with E-state index in [9.17, 15) is 18.0 Å². The molecule has 2 aromatic carbocycles. The van der Waals surface area contributed by atoms with Crippen LogP contribution in [0.3, 0.4) is 0 Å². The molecule has 5 rings (SSSR count). The Balaban J connectivity index is 1.33. The molecule has 4 aromatic rings. The summed E-state index contributed by atoms with van der Waals surface area (Å²) in [7, 11) is 0. The lowest BCUT2D eigenvalue weighted by Gasteiger charge is -2.27. The SMILES string of the molecule is O=C(NCc1ccnc(Cl)c1)n1c2c(c3ccc(Cl)cc31)CN(C/C=C/c1ccc(C(F)(F)F)cc1)CC2. The molecule has 0 spiro atoms. The third kappa shape index (κ3) is 5.72. The average molecular weight is 559 g/mol. The predicted molar refractivity (Wildman–Crippen MR) is 143 cm³/mol. The molecule has 0 bridgehead atoms. The molecule has 0 saturated carbocycles. The van der Waals surface area contributed by atoms with E-state index >= 15 is 0 Å². The Morgan fingerprint density at radius 1 is 1.08 bits per heavy atom. The van der Waals surface area contributed by atoms with E-state index in [1.165, 1.54) is 12.1 Å². The second kappa shape index (κ2) is 10.8. The molecule has 1 aliphatic heterocycles. The maximum atomic E-state index is 13.3. The number of hydrogen-bond acceptors (Lipinski definition) is 3. The van der Waals surface area contributed by atoms with Gasteiger partial charge in [0.25, 0.3) is 0 Å². The first-order chi connectivity index (χ1) is 18.2. The van der Waals surface area contributed by atoms with Crippen LogP contribution in [0.1, 0.15) is 27.9 Å². The fraction of sp³-hybridized carbons (Fsp3) is 0.214. The molecule has 5 nitrogen and oxygen atoms in total. The van der Waals surface area contributed by atoms with E-state index in [-0.39, 0.29) is 6.03 Å². The van der Waals surface area contributed by atoms with Gasteiger partial charge in [-0.05, 0) is 53.1 Å². The number of halogens is 5. The zero-order valence-corrected chi connectivity index (χ0v) is 21.6. The van der Waals surface area contributed by atoms with E-state index < -0.39 is 11.7 Å². The number of pyridine rings is 1. The Kier molecular flexibility index (Phi) is 7.47. The van der Waals surface area contributed by atoms with Gasteiger partial charge >= 0.3 is 12.2 Å². The standard InChI is InChI=1S/C28H23Cl2F3N4O/c29-21-7-8-22-23-17-36(12-1-2-18-3-5-20(6-4-18)28(31,32)33)13-10-24(23)37(25(22)15-21)27(38)35-16-19-9-11-34-26(30)14-19/h1-9,11,14-15H,10,12-13,16-17H2,(H,35,38)/b2-1+. The second-order valence-corrected chi connectivity index (χ2v) is 9.90. The van der Waals surface area contributed by atoms with Gasteiger partial charge < -0.3 is 5.32 Å². The number of nitrogens with zero attached hydrogens (tertiary/aromatic N) is 3. The number of hydrogen-bond donors (Lipinski definition) is 1. The Morgan fingerprint density at radius 2 is 1.87 bits per heavy atom. The van der Waals surface area contributed by atoms with Crippen molar-refractivity contribution in [1.82, 2.24) is 19.8 Å². The van der Waals surface area contributed by atoms with Crippen molar-refractivity contribution in [3.63, 3.8) is 0 Å². The van der Waals surface area contributed by atoms with Crippen LogP contribution in [0.15, 0.2) is 66.9 Å². The van der Waals surface area contributed by atoms with Crippen molar-refractivity contribution in [2.75, 3.05) is 13.1 Å². The molecule has 0 radical (unpaired) electrons. The maximum absolute atomic E-state index is 13.3. The van der Waals surface area contributed by atoms with Crippen LogP contribution in [0, 0.1) is 0 Å². The van der Waals surface area contributed by atoms with Crippen LogP contribution in [0.25, 0.3) is 17.0 Å². The number of carbonyl (C=O) groups excluding carboxylic acids is 1. The number of amides is 1. The summed E-state index contributed by atoms with van der Waals surface area (Å²) >= 11 is 12.3. The van der Waals surface area contributed by atoms with Crippen LogP contribution >= 0.6 is 23.2 Å². The quantitative estimate of drug-likeness (QED) is 0.264. The normalized spacial score (nSPS) is 14.2. The lowest BCUT2D eigenvalue weighted by molar-refractivity contribution is -0.137. The third-order valence-corrected chi connectivity index (χ3v) is 6.98. The number of alkyl halides is 3. The van der Waals surface area contributed by atoms with Crippen molar-refractivity contribution in [3.8, 4) is 0 Å². The highest BCUT2D eigenvalue weighted by atomic mass is 35.5. The highest BCUT2D eigenvalue weighted by Crippen LogP contribution is 2.33. The molecule has 0 aliphatic carbocycles. The van der Waals surface area contributed by atoms with Crippen LogP contribution in [-0.4, -0.2) is 33.6 Å². The number of carbonyl (C=O) groups is 1. The lowest BCUT2D eigenvalue weighted by Crippen LogP contribution is -2.34. The molecule has 38 heavy (non-hydrogen) atoms. The van der Waals surface area contributed by atoms with Crippen LogP contribution in [0.4, 0.5) is 18.0 Å². The molecule has 1 aliphatic rings. The van der Waals surface area contributed by atoms with Crippen molar-refractivity contribution >= 4 is 46.2 Å². The summed E-state index contributed by atoms with van der Waals surface area (Å²) in [6.45, 7) is 2.28. The van der Waals surface area contributed by atoms with Crippen LogP contribution in [0.5, 0.6) is 0 Å². The topological polar surface area (TPSA) is 50.2 Å². The first-order valence-corrected chi connectivity index (χ1v) is 12.7. The molecule has 10 heteroatoms. The molecule has 0 atom stereocenters. The highest BCUT2D eigenvalue weighted by molar-refractivity contribution is 6.31. The van der Waals surface area contributed by atoms with Gasteiger partial charge in [0.2, 0.25) is 0 Å². The van der Waals surface area contributed by atoms with Crippen molar-refractivity contribution in [1.29, 1.82) is 0 Å². The second-order valence-electron chi connectivity index (χ2n) is 9.07. The van der Waals surface area contributed by atoms with E-state index in [0.717, 1.165) is 46.4 Å². The summed E-state index contributed by atoms with van der Waals surface area (Å²) in [6.07, 6.45) is 1.66. The molecule has 3 heterocycles. The molecule has 0 unspecified atom stereocenters. The van der Waals surface area contributed by atoms with Gasteiger partial charge in [-0.3, -0.25) is 9.47 Å². The fourth-order valence-corrected chi connectivity index (χ4v) is 5.07. The summed E-state index contributed by atoms with van der Waals surface area (Å²) in [5, 5.41) is 4.83. The Labute approximate surface area is 227 Å². The number of aromatic nitrogens is 2. The van der Waals surface area contributed by atoms with Gasteiger partial charge in [0.05, 0.1) is 11.1 Å². The van der Waals surface area contributed by atoms with Gasteiger partial charge in [0.1, 0.15) is 5.15 Å². The molecule has 196 valence electrons. The average Bonchev–Trinajstić information content (AvgIpc) is 3.20. The summed E-state index contributed by atoms with van der Waals surface area (Å²) in [5.74, 6) is 0. The van der Waals surface area contributed by atoms with E-state index in [1.807, 2.05) is 24.3 Å². The molecule has 0 saturated heterocycles. The zero-order valence-electron chi connectivity index (χ0n) is 20.1. The Bertz CT molecular complexity index is 1510. The molecule has 1 amide bonds. The van der Waals surface area contributed by atoms with E-state index in [2.05, 4.69) is 15.2 Å². The smallest absolute Gasteiger partial charge is 0.333 e. The molecular formula is C28H23Cl2F3N4O. The monoisotopic (exact) mass is 558 g/mol. The third-order valence-electron chi connectivity index (χ3n) is 6.54. The van der Waals surface area contributed by atoms with E-state index in [4.69, 9.17) is 23.2 Å². The van der Waals surface area contributed by atoms with Crippen LogP contribution in [0.2, 0.25) is 10.2 Å². The van der Waals surface area contributed by atoms with Gasteiger partial charge in [-0.25, -0.2) is 9.78 Å². The number of rotatable bonds is 5. The molecule has 0 fully saturated rings. The van der Waals surface area contributed by atoms with Crippen LogP contribution < -0.4 is 5.32 Å². The van der Waals surface area contributed by atoms with Crippen molar-refractivity contribution in [3.05, 3.63) is 105 Å². The maximum Gasteiger partial charge on any atom is 0.416 e. The van der Waals surface area contributed by atoms with Gasteiger partial charge in [-0.1, -0.05) is 53.6 Å². The van der Waals surface area contributed by atoms with Gasteiger partial charge in [-0.15, -0.1) is 0 Å². The summed E-state index contributed by atoms with van der Waals surface area (Å²) < 4.78 is 40.1. The van der Waals surface area contributed by atoms with Crippen molar-refractivity contribution < 1.29 is 18.0 Å². The van der Waals surface area contributed by atoms with Crippen molar-refractivity contribution in [2.45, 2.75) is 25.7 Å². The highest BCUT2D eigenvalue weighted by Gasteiger charge is 2.30. The first-order valence-electron chi connectivity index (χ1n) is 12.0. The largest absolute Gasteiger partial charge is 0.416 e. The minimum absolute atomic E-state index is 0.248. The Morgan fingerprint density at radius 3 is 2.61 bits per heavy atom. The molecule has 2 aromatic heterocycles. The first kappa shape index (κ1) is 26.3. The predicted octanol–water partition coefficient (Wildman–Crippen LogP) is 7.19. The minimum Gasteiger partial charge on any atom is -0.333 e. The molecule has 1 N–H and O–H groups in total. The van der Waals surface area contributed by atoms with E-state index in [0.29, 0.717) is 41.8 Å². The van der Waals surface area contributed by atoms with Gasteiger partial charge in [-0.2, -0.15) is 13.2 Å². The minimum atomic E-state index is -4.35. The summed E-state index contributed by atoms with van der Waals surface area (Å²) in [6, 6.07) is 13.9. The molecular weight excluding hydrogens is 536 g/mol. The lowest BCUT2D eigenvalue weighted by atomic mass is 10.0. The van der Waals surface area contributed by atoms with Crippen LogP contribution in [-0.2, 0) is 25.7 Å². The van der Waals surface area contributed by atoms with Gasteiger partial charge in [0.15, 0.2) is 0 Å². The Hall–Kier alpha value is -3.33. The summed E-state index contributed by atoms with van der Waals surface area (Å²) in [4.78, 5) is 19.5. The van der Waals surface area contributed by atoms with E-state index in [1.54, 1.807) is 29.0 Å².